The molecule has 1 aromatic rings. The lowest BCUT2D eigenvalue weighted by molar-refractivity contribution is -0.156. The Bertz CT molecular complexity index is 803. The van der Waals surface area contributed by atoms with Gasteiger partial charge in [-0.25, -0.2) is 5.06 Å². The second-order valence-electron chi connectivity index (χ2n) is 7.61. The van der Waals surface area contributed by atoms with Crippen molar-refractivity contribution < 1.29 is 24.8 Å². The molecule has 2 rings (SSSR count). The van der Waals surface area contributed by atoms with Crippen LogP contribution in [0.3, 0.4) is 0 Å². The Balaban J connectivity index is 0.00000103. The first kappa shape index (κ1) is 25.4. The Morgan fingerprint density at radius 3 is 2.50 bits per heavy atom. The van der Waals surface area contributed by atoms with Gasteiger partial charge in [-0.2, -0.15) is 9.72 Å². The number of carbonyl (C=O) groups excluding carboxylic acids is 3. The maximum atomic E-state index is 12.6. The molecular formula is C21H34N4O5. The van der Waals surface area contributed by atoms with E-state index in [1.807, 2.05) is 6.92 Å². The van der Waals surface area contributed by atoms with Gasteiger partial charge in [0, 0.05) is 6.54 Å². The average molecular weight is 423 g/mol. The molecule has 0 radical (unpaired) electrons. The van der Waals surface area contributed by atoms with Crippen LogP contribution in [0.4, 0.5) is 0 Å². The zero-order chi connectivity index (χ0) is 22.8. The van der Waals surface area contributed by atoms with Crippen LogP contribution in [0.25, 0.3) is 0 Å². The van der Waals surface area contributed by atoms with E-state index in [1.54, 1.807) is 26.0 Å². The number of rotatable bonds is 6. The average Bonchev–Trinajstić information content (AvgIpc) is 3.20. The SMILES string of the molecule is CCCC.Cc1cc(C)n(O)c(=NC(=O)[C@@H]2CCCN2C(=O)[C@H](C)CN(O)C=O)c1. The highest BCUT2D eigenvalue weighted by atomic mass is 16.5. The summed E-state index contributed by atoms with van der Waals surface area (Å²) in [4.78, 5) is 41.1. The Morgan fingerprint density at radius 2 is 1.93 bits per heavy atom. The van der Waals surface area contributed by atoms with E-state index in [-0.39, 0.29) is 24.3 Å². The maximum Gasteiger partial charge on any atom is 0.270 e. The topological polar surface area (TPSA) is 115 Å². The van der Waals surface area contributed by atoms with Crippen molar-refractivity contribution in [2.24, 2.45) is 10.9 Å². The van der Waals surface area contributed by atoms with Gasteiger partial charge in [0.15, 0.2) is 5.49 Å². The third-order valence-electron chi connectivity index (χ3n) is 4.89. The lowest BCUT2D eigenvalue weighted by Gasteiger charge is -2.26. The molecule has 2 atom stereocenters. The van der Waals surface area contributed by atoms with Crippen LogP contribution in [0.1, 0.15) is 57.7 Å². The summed E-state index contributed by atoms with van der Waals surface area (Å²) in [6, 6.07) is 2.63. The molecule has 0 aliphatic carbocycles. The fraction of sp³-hybridized carbons (Fsp3) is 0.619. The summed E-state index contributed by atoms with van der Waals surface area (Å²) in [5.41, 5.74) is 1.51. The minimum atomic E-state index is -0.714. The van der Waals surface area contributed by atoms with Crippen molar-refractivity contribution in [1.29, 1.82) is 0 Å². The van der Waals surface area contributed by atoms with Crippen LogP contribution in [0, 0.1) is 19.8 Å². The number of likely N-dealkylation sites (tertiary alicyclic amines) is 1. The molecule has 168 valence electrons. The van der Waals surface area contributed by atoms with E-state index in [4.69, 9.17) is 0 Å². The molecule has 30 heavy (non-hydrogen) atoms. The fourth-order valence-electron chi connectivity index (χ4n) is 3.12. The van der Waals surface area contributed by atoms with E-state index >= 15 is 0 Å². The third kappa shape index (κ3) is 6.98. The van der Waals surface area contributed by atoms with Gasteiger partial charge < -0.3 is 10.1 Å². The number of nitrogens with zero attached hydrogens (tertiary/aromatic N) is 4. The van der Waals surface area contributed by atoms with Gasteiger partial charge in [0.25, 0.3) is 5.91 Å². The zero-order valence-electron chi connectivity index (χ0n) is 18.5. The van der Waals surface area contributed by atoms with E-state index in [0.29, 0.717) is 30.1 Å². The van der Waals surface area contributed by atoms with Crippen LogP contribution in [-0.4, -0.2) is 62.5 Å². The van der Waals surface area contributed by atoms with Gasteiger partial charge in [-0.15, -0.1) is 0 Å². The van der Waals surface area contributed by atoms with Crippen molar-refractivity contribution in [2.45, 2.75) is 66.3 Å². The number of hydrogen-bond acceptors (Lipinski definition) is 5. The molecule has 1 saturated heterocycles. The smallest absolute Gasteiger partial charge is 0.270 e. The molecule has 0 bridgehead atoms. The number of amides is 3. The molecule has 0 spiro atoms. The summed E-state index contributed by atoms with van der Waals surface area (Å²) < 4.78 is 0.836. The molecule has 1 aromatic heterocycles. The number of aryl methyl sites for hydroxylation is 2. The van der Waals surface area contributed by atoms with E-state index in [1.165, 1.54) is 17.7 Å². The van der Waals surface area contributed by atoms with Gasteiger partial charge in [-0.3, -0.25) is 19.6 Å². The van der Waals surface area contributed by atoms with Gasteiger partial charge in [-0.1, -0.05) is 33.6 Å². The standard InChI is InChI=1S/C17H24N4O5.C4H10/c1-11-7-13(3)21(26)15(8-11)18-16(23)14-5-4-6-20(14)17(24)12(2)9-19(25)10-22;1-3-4-2/h7-8,10,12,14,25-26H,4-6,9H2,1-3H3;3-4H2,1-2H3/t12-,14+;/m1./s1. The molecule has 9 heteroatoms. The fourth-order valence-corrected chi connectivity index (χ4v) is 3.12. The summed E-state index contributed by atoms with van der Waals surface area (Å²) in [5.74, 6) is -1.48. The molecule has 9 nitrogen and oxygen atoms in total. The molecular weight excluding hydrogens is 388 g/mol. The van der Waals surface area contributed by atoms with Gasteiger partial charge >= 0.3 is 0 Å². The Labute approximate surface area is 177 Å². The largest absolute Gasteiger partial charge is 0.427 e. The highest BCUT2D eigenvalue weighted by Crippen LogP contribution is 2.21. The number of carbonyl (C=O) groups is 3. The minimum Gasteiger partial charge on any atom is -0.427 e. The first-order chi connectivity index (χ1) is 14.2. The van der Waals surface area contributed by atoms with Crippen LogP contribution in [0.15, 0.2) is 17.1 Å². The zero-order valence-corrected chi connectivity index (χ0v) is 18.5. The number of aromatic nitrogens is 1. The molecule has 3 amide bonds. The Kier molecular flexibility index (Phi) is 10.2. The van der Waals surface area contributed by atoms with Crippen LogP contribution in [-0.2, 0) is 14.4 Å². The summed E-state index contributed by atoms with van der Waals surface area (Å²) in [7, 11) is 0. The second-order valence-corrected chi connectivity index (χ2v) is 7.61. The van der Waals surface area contributed by atoms with Gasteiger partial charge in [0.05, 0.1) is 18.2 Å². The van der Waals surface area contributed by atoms with Gasteiger partial charge in [0.2, 0.25) is 12.3 Å². The van der Waals surface area contributed by atoms with Crippen molar-refractivity contribution in [1.82, 2.24) is 14.7 Å². The lowest BCUT2D eigenvalue weighted by Crippen LogP contribution is -2.45. The molecule has 0 unspecified atom stereocenters. The summed E-state index contributed by atoms with van der Waals surface area (Å²) in [6.45, 7) is 9.73. The number of pyridine rings is 1. The minimum absolute atomic E-state index is 0.113. The van der Waals surface area contributed by atoms with Crippen LogP contribution >= 0.6 is 0 Å². The monoisotopic (exact) mass is 422 g/mol. The first-order valence-corrected chi connectivity index (χ1v) is 10.4. The van der Waals surface area contributed by atoms with Gasteiger partial charge in [0.1, 0.15) is 6.04 Å². The molecule has 1 fully saturated rings. The highest BCUT2D eigenvalue weighted by Gasteiger charge is 2.36. The predicted octanol–water partition coefficient (Wildman–Crippen LogP) is 2.05. The van der Waals surface area contributed by atoms with Crippen molar-refractivity contribution >= 4 is 18.2 Å². The molecule has 1 aliphatic rings. The summed E-state index contributed by atoms with van der Waals surface area (Å²) in [6.07, 6.45) is 4.01. The normalized spacial score (nSPS) is 17.2. The third-order valence-corrected chi connectivity index (χ3v) is 4.89. The van der Waals surface area contributed by atoms with Crippen molar-refractivity contribution in [2.75, 3.05) is 13.1 Å². The lowest BCUT2D eigenvalue weighted by atomic mass is 10.1. The molecule has 0 aromatic carbocycles. The van der Waals surface area contributed by atoms with E-state index in [9.17, 15) is 24.8 Å². The van der Waals surface area contributed by atoms with Gasteiger partial charge in [-0.05, 0) is 44.4 Å². The van der Waals surface area contributed by atoms with E-state index in [2.05, 4.69) is 18.8 Å². The number of hydroxylamine groups is 2. The second kappa shape index (κ2) is 12.1. The summed E-state index contributed by atoms with van der Waals surface area (Å²) in [5, 5.41) is 19.7. The quantitative estimate of drug-likeness (QED) is 0.315. The summed E-state index contributed by atoms with van der Waals surface area (Å²) >= 11 is 0. The molecule has 1 aliphatic heterocycles. The number of hydrogen-bond donors (Lipinski definition) is 2. The Hall–Kier alpha value is -2.68. The Morgan fingerprint density at radius 1 is 1.30 bits per heavy atom. The van der Waals surface area contributed by atoms with Crippen LogP contribution in [0.5, 0.6) is 0 Å². The predicted molar refractivity (Wildman–Crippen MR) is 111 cm³/mol. The van der Waals surface area contributed by atoms with Crippen LogP contribution < -0.4 is 5.49 Å². The number of unbranched alkanes of at least 4 members (excludes halogenated alkanes) is 1. The van der Waals surface area contributed by atoms with E-state index in [0.717, 1.165) is 10.3 Å². The molecule has 0 saturated carbocycles. The van der Waals surface area contributed by atoms with Crippen LogP contribution in [0.2, 0.25) is 0 Å². The van der Waals surface area contributed by atoms with Crippen molar-refractivity contribution in [3.8, 4) is 0 Å². The maximum absolute atomic E-state index is 12.6. The van der Waals surface area contributed by atoms with E-state index < -0.39 is 17.9 Å². The highest BCUT2D eigenvalue weighted by molar-refractivity contribution is 5.89. The molecule has 2 N–H and O–H groups in total. The molecule has 2 heterocycles. The van der Waals surface area contributed by atoms with Crippen molar-refractivity contribution in [3.63, 3.8) is 0 Å². The van der Waals surface area contributed by atoms with Crippen molar-refractivity contribution in [3.05, 3.63) is 28.9 Å². The first-order valence-electron chi connectivity index (χ1n) is 10.4.